The maximum Gasteiger partial charge on any atom is 0.248 e. The number of carbonyl (C=O) groups excluding carboxylic acids is 1. The van der Waals surface area contributed by atoms with Gasteiger partial charge in [-0.1, -0.05) is 37.6 Å². The van der Waals surface area contributed by atoms with Crippen molar-refractivity contribution in [2.24, 2.45) is 5.92 Å². The Balaban J connectivity index is 0.00000116. The Labute approximate surface area is 137 Å². The molecule has 0 bridgehead atoms. The largest absolute Gasteiger partial charge is 0.299 e. The molecular formula is C18H25ClF2O. The molecule has 1 unspecified atom stereocenters. The van der Waals surface area contributed by atoms with Gasteiger partial charge in [0.25, 0.3) is 0 Å². The highest BCUT2D eigenvalue weighted by Gasteiger charge is 2.36. The second-order valence-corrected chi connectivity index (χ2v) is 6.19. The number of rotatable bonds is 4. The summed E-state index contributed by atoms with van der Waals surface area (Å²) in [4.78, 5) is 11.8. The lowest BCUT2D eigenvalue weighted by Gasteiger charge is -2.30. The van der Waals surface area contributed by atoms with Crippen LogP contribution in [0.3, 0.4) is 0 Å². The molecule has 124 valence electrons. The minimum Gasteiger partial charge on any atom is -0.299 e. The molecule has 4 heteroatoms. The van der Waals surface area contributed by atoms with E-state index in [0.717, 1.165) is 5.56 Å². The number of alkyl halides is 2. The Bertz CT molecular complexity index is 460. The lowest BCUT2D eigenvalue weighted by Crippen LogP contribution is -2.26. The van der Waals surface area contributed by atoms with Crippen LogP contribution in [0.4, 0.5) is 8.78 Å². The molecule has 0 aromatic heterocycles. The Morgan fingerprint density at radius 3 is 2.18 bits per heavy atom. The quantitative estimate of drug-likeness (QED) is 0.637. The van der Waals surface area contributed by atoms with Crippen molar-refractivity contribution in [3.8, 4) is 0 Å². The number of benzene rings is 1. The fourth-order valence-electron chi connectivity index (χ4n) is 2.90. The van der Waals surface area contributed by atoms with Gasteiger partial charge in [-0.15, -0.1) is 0 Å². The van der Waals surface area contributed by atoms with Crippen molar-refractivity contribution in [2.45, 2.75) is 64.7 Å². The molecule has 1 aliphatic rings. The number of Topliss-reactive ketones (excluding diaryl/α,β-unsaturated/α-hetero) is 1. The number of ketones is 1. The van der Waals surface area contributed by atoms with Crippen LogP contribution in [0.1, 0.15) is 64.4 Å². The molecule has 1 aromatic carbocycles. The van der Waals surface area contributed by atoms with Crippen LogP contribution in [0.5, 0.6) is 0 Å². The molecule has 1 saturated carbocycles. The van der Waals surface area contributed by atoms with E-state index in [1.54, 1.807) is 19.1 Å². The Hall–Kier alpha value is -0.960. The highest BCUT2D eigenvalue weighted by molar-refractivity contribution is 6.30. The van der Waals surface area contributed by atoms with E-state index >= 15 is 0 Å². The van der Waals surface area contributed by atoms with Crippen molar-refractivity contribution in [3.63, 3.8) is 0 Å². The van der Waals surface area contributed by atoms with Crippen molar-refractivity contribution < 1.29 is 13.6 Å². The predicted molar refractivity (Wildman–Crippen MR) is 87.7 cm³/mol. The molecule has 0 radical (unpaired) electrons. The number of halogens is 3. The smallest absolute Gasteiger partial charge is 0.248 e. The molecule has 2 rings (SSSR count). The van der Waals surface area contributed by atoms with Gasteiger partial charge in [-0.25, -0.2) is 8.78 Å². The SMILES string of the molecule is CC.CC(=O)C(CC1CCC(F)(F)CC1)c1ccc(Cl)cc1. The molecule has 1 nitrogen and oxygen atoms in total. The van der Waals surface area contributed by atoms with Crippen LogP contribution in [0.25, 0.3) is 0 Å². The molecule has 22 heavy (non-hydrogen) atoms. The van der Waals surface area contributed by atoms with Crippen molar-refractivity contribution in [1.82, 2.24) is 0 Å². The summed E-state index contributed by atoms with van der Waals surface area (Å²) < 4.78 is 26.3. The second-order valence-electron chi connectivity index (χ2n) is 5.75. The highest BCUT2D eigenvalue weighted by atomic mass is 35.5. The normalized spacial score (nSPS) is 19.0. The van der Waals surface area contributed by atoms with Crippen LogP contribution in [-0.4, -0.2) is 11.7 Å². The molecule has 1 aromatic rings. The number of hydrogen-bond donors (Lipinski definition) is 0. The summed E-state index contributed by atoms with van der Waals surface area (Å²) in [6.07, 6.45) is 1.56. The third kappa shape index (κ3) is 5.68. The van der Waals surface area contributed by atoms with Crippen LogP contribution in [-0.2, 0) is 4.79 Å². The maximum absolute atomic E-state index is 13.2. The molecule has 1 aliphatic carbocycles. The molecule has 1 atom stereocenters. The maximum atomic E-state index is 13.2. The molecule has 1 fully saturated rings. The summed E-state index contributed by atoms with van der Waals surface area (Å²) in [5.74, 6) is -2.42. The van der Waals surface area contributed by atoms with E-state index < -0.39 is 5.92 Å². The molecule has 0 aliphatic heterocycles. The average molecular weight is 331 g/mol. The van der Waals surface area contributed by atoms with Crippen molar-refractivity contribution >= 4 is 17.4 Å². The molecule has 0 N–H and O–H groups in total. The minimum absolute atomic E-state index is 0.0527. The summed E-state index contributed by atoms with van der Waals surface area (Å²) in [6.45, 7) is 5.57. The summed E-state index contributed by atoms with van der Waals surface area (Å²) in [5, 5.41) is 0.633. The molecule has 0 heterocycles. The van der Waals surface area contributed by atoms with Gasteiger partial charge in [0.2, 0.25) is 5.92 Å². The van der Waals surface area contributed by atoms with Gasteiger partial charge in [0, 0.05) is 23.8 Å². The lowest BCUT2D eigenvalue weighted by atomic mass is 9.78. The van der Waals surface area contributed by atoms with Gasteiger partial charge in [-0.2, -0.15) is 0 Å². The van der Waals surface area contributed by atoms with Crippen LogP contribution >= 0.6 is 11.6 Å². The first-order chi connectivity index (χ1) is 10.4. The molecular weight excluding hydrogens is 306 g/mol. The van der Waals surface area contributed by atoms with E-state index in [9.17, 15) is 13.6 Å². The van der Waals surface area contributed by atoms with Gasteiger partial charge in [0.1, 0.15) is 5.78 Å². The standard InChI is InChI=1S/C16H19ClF2O.C2H6/c1-11(20)15(13-2-4-14(17)5-3-13)10-12-6-8-16(18,19)9-7-12;1-2/h2-5,12,15H,6-10H2,1H3;1-2H3. The fraction of sp³-hybridized carbons (Fsp3) is 0.611. The minimum atomic E-state index is -2.51. The van der Waals surface area contributed by atoms with Crippen LogP contribution < -0.4 is 0 Å². The van der Waals surface area contributed by atoms with E-state index in [2.05, 4.69) is 0 Å². The highest BCUT2D eigenvalue weighted by Crippen LogP contribution is 2.40. The Kier molecular flexibility index (Phi) is 7.47. The Morgan fingerprint density at radius 1 is 1.23 bits per heavy atom. The average Bonchev–Trinajstić information content (AvgIpc) is 2.49. The first kappa shape index (κ1) is 19.1. The summed E-state index contributed by atoms with van der Waals surface area (Å²) in [5.41, 5.74) is 0.930. The third-order valence-electron chi connectivity index (χ3n) is 4.17. The van der Waals surface area contributed by atoms with E-state index in [1.807, 2.05) is 26.0 Å². The zero-order valence-electron chi connectivity index (χ0n) is 13.5. The summed E-state index contributed by atoms with van der Waals surface area (Å²) >= 11 is 5.85. The van der Waals surface area contributed by atoms with Crippen molar-refractivity contribution in [3.05, 3.63) is 34.9 Å². The summed E-state index contributed by atoms with van der Waals surface area (Å²) in [6, 6.07) is 7.24. The fourth-order valence-corrected chi connectivity index (χ4v) is 3.03. The van der Waals surface area contributed by atoms with Gasteiger partial charge < -0.3 is 0 Å². The van der Waals surface area contributed by atoms with Crippen molar-refractivity contribution in [1.29, 1.82) is 0 Å². The van der Waals surface area contributed by atoms with E-state index in [4.69, 9.17) is 11.6 Å². The van der Waals surface area contributed by atoms with Gasteiger partial charge in [-0.05, 0) is 49.8 Å². The zero-order chi connectivity index (χ0) is 16.8. The molecule has 0 spiro atoms. The summed E-state index contributed by atoms with van der Waals surface area (Å²) in [7, 11) is 0. The number of carbonyl (C=O) groups is 1. The van der Waals surface area contributed by atoms with Crippen LogP contribution in [0, 0.1) is 5.92 Å². The van der Waals surface area contributed by atoms with Crippen LogP contribution in [0.15, 0.2) is 24.3 Å². The van der Waals surface area contributed by atoms with Gasteiger partial charge in [0.15, 0.2) is 0 Å². The lowest BCUT2D eigenvalue weighted by molar-refractivity contribution is -0.119. The first-order valence-electron chi connectivity index (χ1n) is 8.01. The first-order valence-corrected chi connectivity index (χ1v) is 8.39. The van der Waals surface area contributed by atoms with E-state index in [0.29, 0.717) is 24.3 Å². The van der Waals surface area contributed by atoms with Crippen molar-refractivity contribution in [2.75, 3.05) is 0 Å². The molecule has 0 amide bonds. The second kappa shape index (κ2) is 8.61. The number of hydrogen-bond acceptors (Lipinski definition) is 1. The topological polar surface area (TPSA) is 17.1 Å². The third-order valence-corrected chi connectivity index (χ3v) is 4.42. The monoisotopic (exact) mass is 330 g/mol. The molecule has 0 saturated heterocycles. The van der Waals surface area contributed by atoms with Gasteiger partial charge >= 0.3 is 0 Å². The Morgan fingerprint density at radius 2 is 1.73 bits per heavy atom. The van der Waals surface area contributed by atoms with Gasteiger partial charge in [0.05, 0.1) is 0 Å². The van der Waals surface area contributed by atoms with E-state index in [-0.39, 0.29) is 30.5 Å². The predicted octanol–water partition coefficient (Wildman–Crippen LogP) is 6.25. The van der Waals surface area contributed by atoms with Gasteiger partial charge in [-0.3, -0.25) is 4.79 Å². The van der Waals surface area contributed by atoms with Crippen LogP contribution in [0.2, 0.25) is 5.02 Å². The zero-order valence-corrected chi connectivity index (χ0v) is 14.3. The van der Waals surface area contributed by atoms with E-state index in [1.165, 1.54) is 0 Å².